The number of nitrogens with two attached hydrogens (primary N) is 1. The Morgan fingerprint density at radius 1 is 0.950 bits per heavy atom. The second-order valence-corrected chi connectivity index (χ2v) is 5.01. The largest absolute Gasteiger partial charge is 0.399 e. The van der Waals surface area contributed by atoms with Crippen LogP contribution in [-0.4, -0.2) is 4.98 Å². The van der Waals surface area contributed by atoms with Gasteiger partial charge in [0.05, 0.1) is 11.2 Å². The SMILES string of the molecule is Nc1cccc(C=Cc2ccc3ccc(Cl)cc3n2)c1. The lowest BCUT2D eigenvalue weighted by atomic mass is 10.1. The van der Waals surface area contributed by atoms with Crippen molar-refractivity contribution >= 4 is 40.3 Å². The molecule has 0 aliphatic rings. The summed E-state index contributed by atoms with van der Waals surface area (Å²) in [5.74, 6) is 0. The molecule has 0 atom stereocenters. The lowest BCUT2D eigenvalue weighted by Crippen LogP contribution is -1.85. The minimum absolute atomic E-state index is 0.696. The van der Waals surface area contributed by atoms with Gasteiger partial charge in [-0.15, -0.1) is 0 Å². The lowest BCUT2D eigenvalue weighted by Gasteiger charge is -2.00. The molecule has 0 aliphatic carbocycles. The van der Waals surface area contributed by atoms with Crippen molar-refractivity contribution in [3.63, 3.8) is 0 Å². The van der Waals surface area contributed by atoms with Gasteiger partial charge in [-0.2, -0.15) is 0 Å². The Morgan fingerprint density at radius 3 is 2.65 bits per heavy atom. The second kappa shape index (κ2) is 5.35. The number of rotatable bonds is 2. The van der Waals surface area contributed by atoms with Gasteiger partial charge in [-0.05, 0) is 42.0 Å². The Labute approximate surface area is 122 Å². The third-order valence-corrected chi connectivity index (χ3v) is 3.27. The van der Waals surface area contributed by atoms with E-state index >= 15 is 0 Å². The summed E-state index contributed by atoms with van der Waals surface area (Å²) in [7, 11) is 0. The molecular weight excluding hydrogens is 268 g/mol. The molecule has 1 aromatic heterocycles. The van der Waals surface area contributed by atoms with Gasteiger partial charge in [0.25, 0.3) is 0 Å². The molecule has 20 heavy (non-hydrogen) atoms. The van der Waals surface area contributed by atoms with Crippen LogP contribution >= 0.6 is 11.6 Å². The number of pyridine rings is 1. The summed E-state index contributed by atoms with van der Waals surface area (Å²) in [4.78, 5) is 4.57. The van der Waals surface area contributed by atoms with E-state index in [2.05, 4.69) is 4.98 Å². The van der Waals surface area contributed by atoms with Crippen molar-refractivity contribution in [1.29, 1.82) is 0 Å². The van der Waals surface area contributed by atoms with E-state index < -0.39 is 0 Å². The van der Waals surface area contributed by atoms with Crippen molar-refractivity contribution in [3.8, 4) is 0 Å². The van der Waals surface area contributed by atoms with Gasteiger partial charge < -0.3 is 5.73 Å². The minimum Gasteiger partial charge on any atom is -0.399 e. The van der Waals surface area contributed by atoms with Crippen molar-refractivity contribution in [2.24, 2.45) is 0 Å². The summed E-state index contributed by atoms with van der Waals surface area (Å²) in [5, 5.41) is 1.78. The fourth-order valence-electron chi connectivity index (χ4n) is 2.04. The first-order valence-corrected chi connectivity index (χ1v) is 6.68. The standard InChI is InChI=1S/C17H13ClN2/c18-14-7-5-13-6-9-16(20-17(13)11-14)8-4-12-2-1-3-15(19)10-12/h1-11H,19H2. The Balaban J connectivity index is 1.94. The fourth-order valence-corrected chi connectivity index (χ4v) is 2.21. The van der Waals surface area contributed by atoms with Gasteiger partial charge in [0.15, 0.2) is 0 Å². The van der Waals surface area contributed by atoms with E-state index in [0.717, 1.165) is 27.8 Å². The molecule has 2 N–H and O–H groups in total. The van der Waals surface area contributed by atoms with Crippen LogP contribution in [0.4, 0.5) is 5.69 Å². The van der Waals surface area contributed by atoms with Gasteiger partial charge in [-0.3, -0.25) is 0 Å². The summed E-state index contributed by atoms with van der Waals surface area (Å²) in [6.07, 6.45) is 3.96. The summed E-state index contributed by atoms with van der Waals surface area (Å²) in [6, 6.07) is 17.5. The Bertz CT molecular complexity index is 794. The highest BCUT2D eigenvalue weighted by Gasteiger charge is 1.97. The monoisotopic (exact) mass is 280 g/mol. The summed E-state index contributed by atoms with van der Waals surface area (Å²) in [5.41, 5.74) is 9.35. The molecule has 0 aliphatic heterocycles. The highest BCUT2D eigenvalue weighted by atomic mass is 35.5. The molecule has 2 aromatic carbocycles. The van der Waals surface area contributed by atoms with Crippen LogP contribution in [0.3, 0.4) is 0 Å². The number of aromatic nitrogens is 1. The fraction of sp³-hybridized carbons (Fsp3) is 0. The molecule has 2 nitrogen and oxygen atoms in total. The molecule has 0 saturated heterocycles. The maximum atomic E-state index is 5.99. The zero-order chi connectivity index (χ0) is 13.9. The van der Waals surface area contributed by atoms with E-state index in [0.29, 0.717) is 5.02 Å². The number of benzene rings is 2. The zero-order valence-electron chi connectivity index (χ0n) is 10.8. The van der Waals surface area contributed by atoms with Crippen molar-refractivity contribution < 1.29 is 0 Å². The highest BCUT2D eigenvalue weighted by molar-refractivity contribution is 6.31. The van der Waals surface area contributed by atoms with Crippen LogP contribution in [0, 0.1) is 0 Å². The number of hydrogen-bond donors (Lipinski definition) is 1. The van der Waals surface area contributed by atoms with Crippen LogP contribution in [0.5, 0.6) is 0 Å². The lowest BCUT2D eigenvalue weighted by molar-refractivity contribution is 1.37. The smallest absolute Gasteiger partial charge is 0.0724 e. The molecule has 98 valence electrons. The molecule has 0 bridgehead atoms. The quantitative estimate of drug-likeness (QED) is 0.695. The van der Waals surface area contributed by atoms with Crippen LogP contribution in [0.15, 0.2) is 54.6 Å². The van der Waals surface area contributed by atoms with Crippen molar-refractivity contribution in [1.82, 2.24) is 4.98 Å². The Hall–Kier alpha value is -2.32. The van der Waals surface area contributed by atoms with Crippen molar-refractivity contribution in [2.75, 3.05) is 5.73 Å². The molecule has 0 saturated carbocycles. The van der Waals surface area contributed by atoms with E-state index in [-0.39, 0.29) is 0 Å². The third-order valence-electron chi connectivity index (χ3n) is 3.03. The molecule has 0 radical (unpaired) electrons. The maximum Gasteiger partial charge on any atom is 0.0724 e. The summed E-state index contributed by atoms with van der Waals surface area (Å²) >= 11 is 5.99. The second-order valence-electron chi connectivity index (χ2n) is 4.58. The molecule has 0 amide bonds. The van der Waals surface area contributed by atoms with E-state index in [4.69, 9.17) is 17.3 Å². The summed E-state index contributed by atoms with van der Waals surface area (Å²) < 4.78 is 0. The van der Waals surface area contributed by atoms with Gasteiger partial charge in [0.2, 0.25) is 0 Å². The van der Waals surface area contributed by atoms with E-state index in [9.17, 15) is 0 Å². The van der Waals surface area contributed by atoms with Gasteiger partial charge in [0.1, 0.15) is 0 Å². The first kappa shape index (κ1) is 12.7. The number of halogens is 1. The number of fused-ring (bicyclic) bond motifs is 1. The highest BCUT2D eigenvalue weighted by Crippen LogP contribution is 2.19. The van der Waals surface area contributed by atoms with Gasteiger partial charge in [0, 0.05) is 16.1 Å². The van der Waals surface area contributed by atoms with Crippen LogP contribution in [-0.2, 0) is 0 Å². The van der Waals surface area contributed by atoms with E-state index in [1.165, 1.54) is 0 Å². The molecule has 0 spiro atoms. The van der Waals surface area contributed by atoms with E-state index in [1.54, 1.807) is 0 Å². The van der Waals surface area contributed by atoms with Crippen molar-refractivity contribution in [3.05, 3.63) is 70.9 Å². The Morgan fingerprint density at radius 2 is 1.80 bits per heavy atom. The molecule has 3 aromatic rings. The number of nitrogens with zero attached hydrogens (tertiary/aromatic N) is 1. The average molecular weight is 281 g/mol. The third kappa shape index (κ3) is 2.81. The predicted octanol–water partition coefficient (Wildman–Crippen LogP) is 4.64. The van der Waals surface area contributed by atoms with Crippen LogP contribution < -0.4 is 5.73 Å². The molecule has 3 rings (SSSR count). The molecule has 3 heteroatoms. The average Bonchev–Trinajstić information content (AvgIpc) is 2.45. The van der Waals surface area contributed by atoms with Crippen molar-refractivity contribution in [2.45, 2.75) is 0 Å². The number of anilines is 1. The van der Waals surface area contributed by atoms with Crippen LogP contribution in [0.25, 0.3) is 23.1 Å². The first-order valence-electron chi connectivity index (χ1n) is 6.31. The minimum atomic E-state index is 0.696. The predicted molar refractivity (Wildman–Crippen MR) is 86.5 cm³/mol. The number of nitrogen functional groups attached to an aromatic ring is 1. The van der Waals surface area contributed by atoms with Crippen LogP contribution in [0.1, 0.15) is 11.3 Å². The summed E-state index contributed by atoms with van der Waals surface area (Å²) in [6.45, 7) is 0. The first-order chi connectivity index (χ1) is 9.70. The maximum absolute atomic E-state index is 5.99. The van der Waals surface area contributed by atoms with Gasteiger partial charge in [-0.1, -0.05) is 41.9 Å². The van der Waals surface area contributed by atoms with Crippen LogP contribution in [0.2, 0.25) is 5.02 Å². The van der Waals surface area contributed by atoms with Gasteiger partial charge in [-0.25, -0.2) is 4.98 Å². The Kier molecular flexibility index (Phi) is 3.40. The molecular formula is C17H13ClN2. The van der Waals surface area contributed by atoms with E-state index in [1.807, 2.05) is 66.7 Å². The molecule has 0 fully saturated rings. The zero-order valence-corrected chi connectivity index (χ0v) is 11.5. The molecule has 1 heterocycles. The number of hydrogen-bond acceptors (Lipinski definition) is 2. The normalized spacial score (nSPS) is 11.2. The topological polar surface area (TPSA) is 38.9 Å². The molecule has 0 unspecified atom stereocenters. The van der Waals surface area contributed by atoms with Gasteiger partial charge >= 0.3 is 0 Å².